The Labute approximate surface area is 179 Å². The lowest BCUT2D eigenvalue weighted by atomic mass is 10.1. The van der Waals surface area contributed by atoms with Gasteiger partial charge in [0.15, 0.2) is 0 Å². The number of hydrogen-bond acceptors (Lipinski definition) is 4. The molecule has 0 atom stereocenters. The summed E-state index contributed by atoms with van der Waals surface area (Å²) in [5, 5.41) is 0. The van der Waals surface area contributed by atoms with Crippen molar-refractivity contribution in [2.45, 2.75) is 44.9 Å². The second-order valence-electron chi connectivity index (χ2n) is 8.29. The third kappa shape index (κ3) is 4.05. The molecule has 0 aliphatic carbocycles. The predicted octanol–water partition coefficient (Wildman–Crippen LogP) is 3.44. The largest absolute Gasteiger partial charge is 0.377 e. The molecule has 1 aromatic heterocycles. The minimum atomic E-state index is -3.95. The highest BCUT2D eigenvalue weighted by atomic mass is 32.2. The fourth-order valence-corrected chi connectivity index (χ4v) is 5.68. The number of amides is 1. The summed E-state index contributed by atoms with van der Waals surface area (Å²) in [4.78, 5) is 17.1. The average molecular weight is 433 g/mol. The SMILES string of the molecule is Cc1ccc(NS(=O)(=O)c2c(C(=O)N3CCCCC3)c(C)n(C)c2C)cc1N(C)C. The van der Waals surface area contributed by atoms with Gasteiger partial charge in [-0.3, -0.25) is 9.52 Å². The van der Waals surface area contributed by atoms with E-state index in [4.69, 9.17) is 0 Å². The minimum absolute atomic E-state index is 0.0741. The molecule has 2 aromatic rings. The molecular formula is C22H32N4O3S. The average Bonchev–Trinajstić information content (AvgIpc) is 2.93. The molecule has 2 heterocycles. The van der Waals surface area contributed by atoms with Gasteiger partial charge in [0.05, 0.1) is 11.3 Å². The molecular weight excluding hydrogens is 400 g/mol. The molecule has 7 nitrogen and oxygen atoms in total. The van der Waals surface area contributed by atoms with E-state index in [0.717, 1.165) is 30.5 Å². The number of nitrogens with one attached hydrogen (secondary N) is 1. The van der Waals surface area contributed by atoms with Crippen LogP contribution in [0.1, 0.15) is 46.6 Å². The second kappa shape index (κ2) is 8.34. The summed E-state index contributed by atoms with van der Waals surface area (Å²) in [6.45, 7) is 6.87. The fraction of sp³-hybridized carbons (Fsp3) is 0.500. The first-order valence-corrected chi connectivity index (χ1v) is 11.8. The first-order chi connectivity index (χ1) is 14.0. The Morgan fingerprint density at radius 3 is 2.27 bits per heavy atom. The molecule has 30 heavy (non-hydrogen) atoms. The maximum Gasteiger partial charge on any atom is 0.264 e. The first kappa shape index (κ1) is 22.2. The molecule has 1 aromatic carbocycles. The lowest BCUT2D eigenvalue weighted by molar-refractivity contribution is 0.0720. The molecule has 8 heteroatoms. The van der Waals surface area contributed by atoms with E-state index in [1.54, 1.807) is 36.4 Å². The third-order valence-electron chi connectivity index (χ3n) is 5.99. The number of sulfonamides is 1. The molecule has 0 bridgehead atoms. The van der Waals surface area contributed by atoms with E-state index in [9.17, 15) is 13.2 Å². The molecule has 1 fully saturated rings. The molecule has 0 unspecified atom stereocenters. The molecule has 1 amide bonds. The Kier molecular flexibility index (Phi) is 6.17. The van der Waals surface area contributed by atoms with Crippen LogP contribution in [0.3, 0.4) is 0 Å². The van der Waals surface area contributed by atoms with Crippen LogP contribution in [0.4, 0.5) is 11.4 Å². The van der Waals surface area contributed by atoms with Crippen molar-refractivity contribution in [2.24, 2.45) is 7.05 Å². The van der Waals surface area contributed by atoms with Crippen LogP contribution in [-0.2, 0) is 17.1 Å². The predicted molar refractivity (Wildman–Crippen MR) is 121 cm³/mol. The Balaban J connectivity index is 2.05. The number of anilines is 2. The van der Waals surface area contributed by atoms with E-state index in [1.807, 2.05) is 38.1 Å². The van der Waals surface area contributed by atoms with Gasteiger partial charge in [0.25, 0.3) is 15.9 Å². The highest BCUT2D eigenvalue weighted by Crippen LogP contribution is 2.31. The zero-order chi connectivity index (χ0) is 22.2. The van der Waals surface area contributed by atoms with Crippen LogP contribution in [0.25, 0.3) is 0 Å². The fourth-order valence-electron chi connectivity index (χ4n) is 4.11. The standard InChI is InChI=1S/C22H32N4O3S/c1-15-10-11-18(14-19(15)24(4)5)23-30(28,29)21-17(3)25(6)16(2)20(21)22(27)26-12-8-7-9-13-26/h10-11,14,23H,7-9,12-13H2,1-6H3. The van der Waals surface area contributed by atoms with E-state index >= 15 is 0 Å². The second-order valence-corrected chi connectivity index (χ2v) is 9.91. The number of aryl methyl sites for hydroxylation is 1. The zero-order valence-electron chi connectivity index (χ0n) is 18.7. The highest BCUT2D eigenvalue weighted by molar-refractivity contribution is 7.92. The lowest BCUT2D eigenvalue weighted by Gasteiger charge is -2.27. The maximum atomic E-state index is 13.5. The number of piperidine rings is 1. The Bertz CT molecular complexity index is 1060. The topological polar surface area (TPSA) is 74.6 Å². The molecule has 0 spiro atoms. The molecule has 0 saturated carbocycles. The summed E-state index contributed by atoms with van der Waals surface area (Å²) in [6, 6.07) is 5.44. The van der Waals surface area contributed by atoms with Gasteiger partial charge in [-0.2, -0.15) is 0 Å². The Morgan fingerprint density at radius 2 is 1.67 bits per heavy atom. The van der Waals surface area contributed by atoms with Gasteiger partial charge in [0.1, 0.15) is 4.90 Å². The Morgan fingerprint density at radius 1 is 1.03 bits per heavy atom. The van der Waals surface area contributed by atoms with E-state index in [-0.39, 0.29) is 16.4 Å². The number of benzene rings is 1. The van der Waals surface area contributed by atoms with Crippen LogP contribution in [-0.4, -0.2) is 51.0 Å². The summed E-state index contributed by atoms with van der Waals surface area (Å²) in [7, 11) is 1.68. The number of rotatable bonds is 5. The summed E-state index contributed by atoms with van der Waals surface area (Å²) in [5.41, 5.74) is 3.96. The van der Waals surface area contributed by atoms with Crippen LogP contribution in [0.5, 0.6) is 0 Å². The third-order valence-corrected chi connectivity index (χ3v) is 7.53. The van der Waals surface area contributed by atoms with E-state index in [0.29, 0.717) is 30.2 Å². The van der Waals surface area contributed by atoms with Crippen LogP contribution in [0.2, 0.25) is 0 Å². The summed E-state index contributed by atoms with van der Waals surface area (Å²) in [6.07, 6.45) is 3.01. The molecule has 1 aliphatic heterocycles. The van der Waals surface area contributed by atoms with Crippen molar-refractivity contribution in [3.05, 3.63) is 40.7 Å². The lowest BCUT2D eigenvalue weighted by Crippen LogP contribution is -2.36. The van der Waals surface area contributed by atoms with Crippen molar-refractivity contribution < 1.29 is 13.2 Å². The van der Waals surface area contributed by atoms with Gasteiger partial charge in [-0.25, -0.2) is 8.42 Å². The van der Waals surface area contributed by atoms with Crippen LogP contribution in [0.15, 0.2) is 23.1 Å². The van der Waals surface area contributed by atoms with Crippen LogP contribution in [0, 0.1) is 20.8 Å². The molecule has 164 valence electrons. The molecule has 1 N–H and O–H groups in total. The van der Waals surface area contributed by atoms with Gasteiger partial charge in [-0.1, -0.05) is 6.07 Å². The number of carbonyl (C=O) groups is 1. The summed E-state index contributed by atoms with van der Waals surface area (Å²) >= 11 is 0. The number of nitrogens with zero attached hydrogens (tertiary/aromatic N) is 3. The van der Waals surface area contributed by atoms with Crippen molar-refractivity contribution >= 4 is 27.3 Å². The van der Waals surface area contributed by atoms with E-state index in [1.165, 1.54) is 0 Å². The van der Waals surface area contributed by atoms with Crippen molar-refractivity contribution in [3.63, 3.8) is 0 Å². The minimum Gasteiger partial charge on any atom is -0.377 e. The summed E-state index contributed by atoms with van der Waals surface area (Å²) < 4.78 is 31.4. The van der Waals surface area contributed by atoms with Crippen molar-refractivity contribution in [1.29, 1.82) is 0 Å². The van der Waals surface area contributed by atoms with Crippen molar-refractivity contribution in [2.75, 3.05) is 36.8 Å². The van der Waals surface area contributed by atoms with Gasteiger partial charge < -0.3 is 14.4 Å². The molecule has 1 saturated heterocycles. The van der Waals surface area contributed by atoms with Gasteiger partial charge in [-0.15, -0.1) is 0 Å². The van der Waals surface area contributed by atoms with Crippen molar-refractivity contribution in [3.8, 4) is 0 Å². The van der Waals surface area contributed by atoms with Crippen LogP contribution < -0.4 is 9.62 Å². The number of aromatic nitrogens is 1. The first-order valence-electron chi connectivity index (χ1n) is 10.3. The zero-order valence-corrected chi connectivity index (χ0v) is 19.6. The smallest absolute Gasteiger partial charge is 0.264 e. The molecule has 3 rings (SSSR count). The maximum absolute atomic E-state index is 13.5. The quantitative estimate of drug-likeness (QED) is 0.785. The highest BCUT2D eigenvalue weighted by Gasteiger charge is 2.33. The van der Waals surface area contributed by atoms with E-state index in [2.05, 4.69) is 4.72 Å². The van der Waals surface area contributed by atoms with Gasteiger partial charge in [0.2, 0.25) is 0 Å². The normalized spacial score (nSPS) is 14.7. The van der Waals surface area contributed by atoms with Gasteiger partial charge in [-0.05, 0) is 57.7 Å². The van der Waals surface area contributed by atoms with E-state index < -0.39 is 10.0 Å². The molecule has 0 radical (unpaired) electrons. The summed E-state index contributed by atoms with van der Waals surface area (Å²) in [5.74, 6) is -0.200. The van der Waals surface area contributed by atoms with Crippen molar-refractivity contribution in [1.82, 2.24) is 9.47 Å². The van der Waals surface area contributed by atoms with Gasteiger partial charge in [0, 0.05) is 51.3 Å². The number of likely N-dealkylation sites (tertiary alicyclic amines) is 1. The number of carbonyl (C=O) groups excluding carboxylic acids is 1. The van der Waals surface area contributed by atoms with Crippen LogP contribution >= 0.6 is 0 Å². The van der Waals surface area contributed by atoms with Gasteiger partial charge >= 0.3 is 0 Å². The molecule has 1 aliphatic rings. The Hall–Kier alpha value is -2.48. The number of hydrogen-bond donors (Lipinski definition) is 1. The monoisotopic (exact) mass is 432 g/mol.